The number of fused-ring (bicyclic) bond motifs is 4. The second-order valence-electron chi connectivity index (χ2n) is 7.63. The van der Waals surface area contributed by atoms with E-state index >= 15 is 0 Å². The van der Waals surface area contributed by atoms with E-state index in [4.69, 9.17) is 0 Å². The molecule has 0 bridgehead atoms. The molecule has 0 amide bonds. The average molecular weight is 276 g/mol. The van der Waals surface area contributed by atoms with Crippen LogP contribution >= 0.6 is 0 Å². The van der Waals surface area contributed by atoms with Crippen molar-refractivity contribution in [1.29, 1.82) is 0 Å². The molecule has 1 aromatic rings. The highest BCUT2D eigenvalue weighted by molar-refractivity contribution is 5.54. The van der Waals surface area contributed by atoms with Crippen molar-refractivity contribution in [3.63, 3.8) is 0 Å². The van der Waals surface area contributed by atoms with Gasteiger partial charge in [-0.2, -0.15) is 0 Å². The van der Waals surface area contributed by atoms with Gasteiger partial charge in [0.1, 0.15) is 0 Å². The molecule has 3 aliphatic rings. The molecular formula is C21H24. The molecule has 4 atom stereocenters. The van der Waals surface area contributed by atoms with Gasteiger partial charge in [0.05, 0.1) is 0 Å². The minimum Gasteiger partial charge on any atom is -0.0739 e. The van der Waals surface area contributed by atoms with E-state index < -0.39 is 0 Å². The Hall–Kier alpha value is -1.56. The van der Waals surface area contributed by atoms with Gasteiger partial charge < -0.3 is 0 Å². The zero-order valence-corrected chi connectivity index (χ0v) is 13.5. The minimum atomic E-state index is 0.187. The van der Waals surface area contributed by atoms with E-state index in [2.05, 4.69) is 76.3 Å². The predicted octanol–water partition coefficient (Wildman–Crippen LogP) is 5.43. The van der Waals surface area contributed by atoms with Gasteiger partial charge in [-0.3, -0.25) is 0 Å². The van der Waals surface area contributed by atoms with E-state index in [1.54, 1.807) is 22.3 Å². The van der Waals surface area contributed by atoms with Crippen LogP contribution in [0.2, 0.25) is 0 Å². The molecule has 0 heteroatoms. The maximum absolute atomic E-state index is 2.51. The number of hydrogen-bond acceptors (Lipinski definition) is 0. The zero-order valence-electron chi connectivity index (χ0n) is 13.5. The Kier molecular flexibility index (Phi) is 2.50. The molecular weight excluding hydrogens is 252 g/mol. The Balaban J connectivity index is 2.00. The van der Waals surface area contributed by atoms with E-state index in [0.717, 1.165) is 0 Å². The molecule has 4 unspecified atom stereocenters. The topological polar surface area (TPSA) is 0 Å². The van der Waals surface area contributed by atoms with Gasteiger partial charge in [0, 0.05) is 11.3 Å². The quantitative estimate of drug-likeness (QED) is 0.592. The van der Waals surface area contributed by atoms with Gasteiger partial charge in [-0.05, 0) is 41.4 Å². The third kappa shape index (κ3) is 1.46. The summed E-state index contributed by atoms with van der Waals surface area (Å²) in [5.41, 5.74) is 6.79. The van der Waals surface area contributed by atoms with Crippen LogP contribution in [0.15, 0.2) is 59.7 Å². The third-order valence-electron chi connectivity index (χ3n) is 6.74. The second-order valence-corrected chi connectivity index (χ2v) is 7.63. The van der Waals surface area contributed by atoms with Crippen molar-refractivity contribution in [3.8, 4) is 0 Å². The molecule has 0 saturated heterocycles. The molecule has 0 spiro atoms. The summed E-state index contributed by atoms with van der Waals surface area (Å²) in [4.78, 5) is 0. The van der Waals surface area contributed by atoms with Crippen LogP contribution in [-0.4, -0.2) is 0 Å². The molecule has 0 radical (unpaired) electrons. The predicted molar refractivity (Wildman–Crippen MR) is 89.2 cm³/mol. The lowest BCUT2D eigenvalue weighted by atomic mass is 9.50. The molecule has 0 aromatic heterocycles. The average Bonchev–Trinajstić information content (AvgIpc) is 2.79. The SMILES string of the molecule is CC1=C2C=CC=CC2(C)C(C)C2(C)Cc3ccccc3C12. The highest BCUT2D eigenvalue weighted by Gasteiger charge is 2.56. The van der Waals surface area contributed by atoms with Gasteiger partial charge in [-0.1, -0.05) is 74.9 Å². The first kappa shape index (κ1) is 13.1. The molecule has 0 aliphatic heterocycles. The van der Waals surface area contributed by atoms with Gasteiger partial charge in [-0.25, -0.2) is 0 Å². The van der Waals surface area contributed by atoms with Crippen LogP contribution in [0.1, 0.15) is 44.7 Å². The van der Waals surface area contributed by atoms with Crippen molar-refractivity contribution < 1.29 is 0 Å². The van der Waals surface area contributed by atoms with Crippen LogP contribution in [0.25, 0.3) is 0 Å². The van der Waals surface area contributed by atoms with Gasteiger partial charge in [0.25, 0.3) is 0 Å². The lowest BCUT2D eigenvalue weighted by Crippen LogP contribution is -2.45. The van der Waals surface area contributed by atoms with Crippen LogP contribution in [0.5, 0.6) is 0 Å². The summed E-state index contributed by atoms with van der Waals surface area (Å²) in [5.74, 6) is 1.23. The fourth-order valence-electron chi connectivity index (χ4n) is 5.43. The summed E-state index contributed by atoms with van der Waals surface area (Å²) in [6.45, 7) is 9.78. The Labute approximate surface area is 128 Å². The van der Waals surface area contributed by atoms with Crippen molar-refractivity contribution in [2.75, 3.05) is 0 Å². The third-order valence-corrected chi connectivity index (χ3v) is 6.74. The molecule has 108 valence electrons. The van der Waals surface area contributed by atoms with E-state index in [9.17, 15) is 0 Å². The van der Waals surface area contributed by atoms with Gasteiger partial charge in [0.2, 0.25) is 0 Å². The number of allylic oxidation sites excluding steroid dienone is 6. The minimum absolute atomic E-state index is 0.187. The molecule has 4 rings (SSSR count). The fourth-order valence-corrected chi connectivity index (χ4v) is 5.43. The van der Waals surface area contributed by atoms with Crippen LogP contribution in [0.3, 0.4) is 0 Å². The van der Waals surface area contributed by atoms with Crippen LogP contribution < -0.4 is 0 Å². The summed E-state index contributed by atoms with van der Waals surface area (Å²) in [7, 11) is 0. The maximum Gasteiger partial charge on any atom is 0.0137 e. The first-order chi connectivity index (χ1) is 9.98. The summed E-state index contributed by atoms with van der Waals surface area (Å²) >= 11 is 0. The summed E-state index contributed by atoms with van der Waals surface area (Å²) < 4.78 is 0. The molecule has 0 fully saturated rings. The molecule has 0 heterocycles. The lowest BCUT2D eigenvalue weighted by Gasteiger charge is -2.53. The summed E-state index contributed by atoms with van der Waals surface area (Å²) in [6.07, 6.45) is 10.4. The highest BCUT2D eigenvalue weighted by Crippen LogP contribution is 2.65. The fraction of sp³-hybridized carbons (Fsp3) is 0.429. The largest absolute Gasteiger partial charge is 0.0739 e. The monoisotopic (exact) mass is 276 g/mol. The van der Waals surface area contributed by atoms with Crippen LogP contribution in [-0.2, 0) is 6.42 Å². The molecule has 3 aliphatic carbocycles. The molecule has 1 aromatic carbocycles. The number of benzene rings is 1. The first-order valence-corrected chi connectivity index (χ1v) is 8.13. The number of hydrogen-bond donors (Lipinski definition) is 0. The lowest BCUT2D eigenvalue weighted by molar-refractivity contribution is 0.0917. The van der Waals surface area contributed by atoms with Crippen LogP contribution in [0, 0.1) is 16.7 Å². The Morgan fingerprint density at radius 2 is 1.86 bits per heavy atom. The molecule has 21 heavy (non-hydrogen) atoms. The van der Waals surface area contributed by atoms with Gasteiger partial charge in [-0.15, -0.1) is 0 Å². The smallest absolute Gasteiger partial charge is 0.0137 e. The molecule has 0 saturated carbocycles. The van der Waals surface area contributed by atoms with E-state index in [-0.39, 0.29) is 5.41 Å². The standard InChI is InChI=1S/C21H24/c1-14-18-11-7-8-12-20(18,3)15(2)21(4)13-16-9-5-6-10-17(16)19(14)21/h5-12,15,19H,13H2,1-4H3. The van der Waals surface area contributed by atoms with Gasteiger partial charge >= 0.3 is 0 Å². The van der Waals surface area contributed by atoms with Crippen molar-refractivity contribution in [2.24, 2.45) is 16.7 Å². The van der Waals surface area contributed by atoms with Crippen LogP contribution in [0.4, 0.5) is 0 Å². The summed E-state index contributed by atoms with van der Waals surface area (Å²) in [6, 6.07) is 9.09. The highest BCUT2D eigenvalue weighted by atomic mass is 14.6. The Morgan fingerprint density at radius 1 is 1.10 bits per heavy atom. The molecule has 0 N–H and O–H groups in total. The summed E-state index contributed by atoms with van der Waals surface area (Å²) in [5, 5.41) is 0. The Morgan fingerprint density at radius 3 is 2.67 bits per heavy atom. The van der Waals surface area contributed by atoms with E-state index in [0.29, 0.717) is 17.3 Å². The Bertz CT molecular complexity index is 703. The normalized spacial score (nSPS) is 40.0. The van der Waals surface area contributed by atoms with Crippen molar-refractivity contribution >= 4 is 0 Å². The van der Waals surface area contributed by atoms with Crippen molar-refractivity contribution in [3.05, 3.63) is 70.8 Å². The van der Waals surface area contributed by atoms with Crippen molar-refractivity contribution in [2.45, 2.75) is 40.0 Å². The van der Waals surface area contributed by atoms with E-state index in [1.165, 1.54) is 6.42 Å². The first-order valence-electron chi connectivity index (χ1n) is 8.13. The zero-order chi connectivity index (χ0) is 14.8. The molecule has 0 nitrogen and oxygen atoms in total. The van der Waals surface area contributed by atoms with E-state index in [1.807, 2.05) is 0 Å². The van der Waals surface area contributed by atoms with Crippen molar-refractivity contribution in [1.82, 2.24) is 0 Å². The van der Waals surface area contributed by atoms with Gasteiger partial charge in [0.15, 0.2) is 0 Å². The number of rotatable bonds is 0. The second kappa shape index (κ2) is 4.00. The maximum atomic E-state index is 2.51.